The molecule has 202 valence electrons. The third kappa shape index (κ3) is 7.00. The van der Waals surface area contributed by atoms with Crippen LogP contribution in [-0.4, -0.2) is 65.8 Å². The Morgan fingerprint density at radius 2 is 1.81 bits per heavy atom. The molecule has 11 nitrogen and oxygen atoms in total. The number of hydrogen-bond acceptors (Lipinski definition) is 8. The highest BCUT2D eigenvalue weighted by Crippen LogP contribution is 2.30. The zero-order valence-electron chi connectivity index (χ0n) is 21.6. The second-order valence-electron chi connectivity index (χ2n) is 9.98. The molecule has 2 atom stereocenters. The standard InChI is InChI=1S/C25H35N5O6S/c1-29(19-8-4-5-9-19)25(32)35-16-22-23(26-28-30(22)2)17-11-13-20(14-12-17)36-21-10-6-7-18(15-21)24(31)27-37(3,33)34/h11-14,18-19,21H,4-10,15-16H2,1-3H3,(H,27,31)/t18-,21-/m0/s1. The summed E-state index contributed by atoms with van der Waals surface area (Å²) in [6.07, 6.45) is 7.40. The summed E-state index contributed by atoms with van der Waals surface area (Å²) in [6.45, 7) is 0.0615. The Hall–Kier alpha value is -3.15. The fourth-order valence-corrected chi connectivity index (χ4v) is 5.61. The van der Waals surface area contributed by atoms with Crippen LogP contribution in [0.15, 0.2) is 24.3 Å². The number of amides is 2. The van der Waals surface area contributed by atoms with Crippen LogP contribution in [-0.2, 0) is 33.2 Å². The van der Waals surface area contributed by atoms with Gasteiger partial charge in [0.25, 0.3) is 0 Å². The van der Waals surface area contributed by atoms with Crippen LogP contribution in [0.1, 0.15) is 57.1 Å². The number of carbonyl (C=O) groups excluding carboxylic acids is 2. The summed E-state index contributed by atoms with van der Waals surface area (Å²) >= 11 is 0. The molecule has 12 heteroatoms. The molecule has 0 spiro atoms. The van der Waals surface area contributed by atoms with Crippen LogP contribution in [0.2, 0.25) is 0 Å². The van der Waals surface area contributed by atoms with Crippen LogP contribution in [0, 0.1) is 5.92 Å². The molecule has 0 radical (unpaired) electrons. The van der Waals surface area contributed by atoms with Gasteiger partial charge in [0.05, 0.1) is 12.4 Å². The van der Waals surface area contributed by atoms with Gasteiger partial charge in [-0.15, -0.1) is 5.10 Å². The van der Waals surface area contributed by atoms with Crippen LogP contribution in [0.25, 0.3) is 11.3 Å². The van der Waals surface area contributed by atoms with E-state index in [0.717, 1.165) is 50.3 Å². The Balaban J connectivity index is 1.36. The predicted molar refractivity (Wildman–Crippen MR) is 136 cm³/mol. The lowest BCUT2D eigenvalue weighted by Gasteiger charge is -2.28. The van der Waals surface area contributed by atoms with Gasteiger partial charge in [-0.2, -0.15) is 0 Å². The second-order valence-corrected chi connectivity index (χ2v) is 11.7. The molecule has 0 saturated heterocycles. The third-order valence-electron chi connectivity index (χ3n) is 7.15. The van der Waals surface area contributed by atoms with Gasteiger partial charge < -0.3 is 14.4 Å². The zero-order chi connectivity index (χ0) is 26.6. The van der Waals surface area contributed by atoms with Gasteiger partial charge in [0.15, 0.2) is 0 Å². The van der Waals surface area contributed by atoms with E-state index >= 15 is 0 Å². The summed E-state index contributed by atoms with van der Waals surface area (Å²) in [5.41, 5.74) is 2.12. The Bertz CT molecular complexity index is 1210. The van der Waals surface area contributed by atoms with Crippen molar-refractivity contribution in [3.63, 3.8) is 0 Å². The first-order valence-corrected chi connectivity index (χ1v) is 14.6. The maximum atomic E-state index is 12.5. The highest BCUT2D eigenvalue weighted by atomic mass is 32.2. The number of nitrogens with zero attached hydrogens (tertiary/aromatic N) is 4. The Morgan fingerprint density at radius 3 is 2.49 bits per heavy atom. The molecule has 2 aliphatic rings. The van der Waals surface area contributed by atoms with E-state index < -0.39 is 21.8 Å². The van der Waals surface area contributed by atoms with Gasteiger partial charge in [0.1, 0.15) is 23.7 Å². The van der Waals surface area contributed by atoms with Crippen molar-refractivity contribution in [2.45, 2.75) is 70.1 Å². The first kappa shape index (κ1) is 26.9. The van der Waals surface area contributed by atoms with Crippen molar-refractivity contribution >= 4 is 22.0 Å². The first-order chi connectivity index (χ1) is 17.6. The van der Waals surface area contributed by atoms with E-state index in [9.17, 15) is 18.0 Å². The van der Waals surface area contributed by atoms with E-state index in [-0.39, 0.29) is 24.8 Å². The van der Waals surface area contributed by atoms with E-state index in [1.807, 2.05) is 24.3 Å². The number of hydrogen-bond donors (Lipinski definition) is 1. The van der Waals surface area contributed by atoms with Gasteiger partial charge >= 0.3 is 6.09 Å². The summed E-state index contributed by atoms with van der Waals surface area (Å²) in [7, 11) is -0.0376. The largest absolute Gasteiger partial charge is 0.490 e. The minimum atomic E-state index is -3.58. The highest BCUT2D eigenvalue weighted by Gasteiger charge is 2.30. The van der Waals surface area contributed by atoms with Crippen molar-refractivity contribution < 1.29 is 27.5 Å². The summed E-state index contributed by atoms with van der Waals surface area (Å²) in [5, 5.41) is 8.37. The van der Waals surface area contributed by atoms with Crippen LogP contribution >= 0.6 is 0 Å². The zero-order valence-corrected chi connectivity index (χ0v) is 22.4. The smallest absolute Gasteiger partial charge is 0.410 e. The number of aryl methyl sites for hydroxylation is 1. The molecule has 2 saturated carbocycles. The number of sulfonamides is 1. The van der Waals surface area contributed by atoms with Crippen LogP contribution in [0.4, 0.5) is 4.79 Å². The Kier molecular flexibility index (Phi) is 8.35. The van der Waals surface area contributed by atoms with Crippen molar-refractivity contribution in [3.05, 3.63) is 30.0 Å². The molecule has 1 aromatic carbocycles. The maximum Gasteiger partial charge on any atom is 0.410 e. The molecular weight excluding hydrogens is 498 g/mol. The molecule has 0 unspecified atom stereocenters. The Morgan fingerprint density at radius 1 is 1.11 bits per heavy atom. The molecule has 2 aliphatic carbocycles. The monoisotopic (exact) mass is 533 g/mol. The molecule has 1 heterocycles. The lowest BCUT2D eigenvalue weighted by Crippen LogP contribution is -2.39. The van der Waals surface area contributed by atoms with Gasteiger partial charge in [-0.05, 0) is 62.8 Å². The maximum absolute atomic E-state index is 12.5. The number of aromatic nitrogens is 3. The molecule has 1 N–H and O–H groups in total. The molecule has 0 aliphatic heterocycles. The molecule has 37 heavy (non-hydrogen) atoms. The summed E-state index contributed by atoms with van der Waals surface area (Å²) in [6, 6.07) is 7.62. The summed E-state index contributed by atoms with van der Waals surface area (Å²) in [5.74, 6) is -0.227. The molecule has 0 bridgehead atoms. The van der Waals surface area contributed by atoms with Crippen molar-refractivity contribution in [1.82, 2.24) is 24.6 Å². The van der Waals surface area contributed by atoms with Gasteiger partial charge in [0, 0.05) is 31.6 Å². The van der Waals surface area contributed by atoms with Crippen molar-refractivity contribution in [3.8, 4) is 17.0 Å². The number of benzene rings is 1. The van der Waals surface area contributed by atoms with Crippen molar-refractivity contribution in [2.75, 3.05) is 13.3 Å². The van der Waals surface area contributed by atoms with E-state index in [1.165, 1.54) is 0 Å². The normalized spacial score (nSPS) is 20.4. The number of carbonyl (C=O) groups is 2. The number of nitrogens with one attached hydrogen (secondary N) is 1. The van der Waals surface area contributed by atoms with E-state index in [1.54, 1.807) is 23.7 Å². The minimum Gasteiger partial charge on any atom is -0.490 e. The first-order valence-electron chi connectivity index (χ1n) is 12.7. The second kappa shape index (κ2) is 11.5. The molecule has 2 aromatic rings. The predicted octanol–water partition coefficient (Wildman–Crippen LogP) is 3.01. The third-order valence-corrected chi connectivity index (χ3v) is 7.72. The Labute approximate surface area is 217 Å². The quantitative estimate of drug-likeness (QED) is 0.548. The van der Waals surface area contributed by atoms with Crippen LogP contribution < -0.4 is 9.46 Å². The number of ether oxygens (including phenoxy) is 2. The summed E-state index contributed by atoms with van der Waals surface area (Å²) in [4.78, 5) is 26.5. The fraction of sp³-hybridized carbons (Fsp3) is 0.600. The van der Waals surface area contributed by atoms with Gasteiger partial charge in [-0.3, -0.25) is 9.52 Å². The highest BCUT2D eigenvalue weighted by molar-refractivity contribution is 7.89. The fourth-order valence-electron chi connectivity index (χ4n) is 5.08. The van der Waals surface area contributed by atoms with Gasteiger partial charge in [0.2, 0.25) is 15.9 Å². The lowest BCUT2D eigenvalue weighted by molar-refractivity contribution is -0.125. The van der Waals surface area contributed by atoms with Crippen LogP contribution in [0.5, 0.6) is 5.75 Å². The molecule has 2 fully saturated rings. The van der Waals surface area contributed by atoms with Gasteiger partial charge in [-0.25, -0.2) is 17.9 Å². The molecular formula is C25H35N5O6S. The molecule has 2 amide bonds. The lowest BCUT2D eigenvalue weighted by atomic mass is 9.87. The van der Waals surface area contributed by atoms with E-state index in [4.69, 9.17) is 9.47 Å². The number of rotatable bonds is 8. The SMILES string of the molecule is CN(C(=O)OCc1c(-c2ccc(O[C@H]3CCC[C@H](C(=O)NS(C)(=O)=O)C3)cc2)nnn1C)C1CCCC1. The molecule has 4 rings (SSSR count). The van der Waals surface area contributed by atoms with Crippen LogP contribution in [0.3, 0.4) is 0 Å². The minimum absolute atomic E-state index is 0.0615. The van der Waals surface area contributed by atoms with E-state index in [0.29, 0.717) is 30.0 Å². The average Bonchev–Trinajstić information content (AvgIpc) is 3.52. The van der Waals surface area contributed by atoms with Crippen molar-refractivity contribution in [2.24, 2.45) is 13.0 Å². The average molecular weight is 534 g/mol. The topological polar surface area (TPSA) is 133 Å². The molecule has 1 aromatic heterocycles. The van der Waals surface area contributed by atoms with Crippen molar-refractivity contribution in [1.29, 1.82) is 0 Å². The summed E-state index contributed by atoms with van der Waals surface area (Å²) < 4.78 is 38.1. The van der Waals surface area contributed by atoms with E-state index in [2.05, 4.69) is 15.0 Å². The van der Waals surface area contributed by atoms with Gasteiger partial charge in [-0.1, -0.05) is 18.1 Å².